The predicted octanol–water partition coefficient (Wildman–Crippen LogP) is 3.48. The molecule has 2 aliphatic rings. The number of aromatic nitrogens is 1. The number of esters is 1. The van der Waals surface area contributed by atoms with Gasteiger partial charge in [-0.1, -0.05) is 39.0 Å². The standard InChI is InChI=1S/C24H29N3O4/c1-14(21(28)27-12-11-25-23(27)30)31-22(29)20-16-7-5-6-8-18(16)26-19-10-9-15(13-17(19)20)24(2,3)4/h5-8,14-15H,9-13H2,1-4H3,(H,25,30). The molecule has 0 saturated carbocycles. The van der Waals surface area contributed by atoms with Gasteiger partial charge in [-0.2, -0.15) is 0 Å². The molecule has 2 atom stereocenters. The summed E-state index contributed by atoms with van der Waals surface area (Å²) in [5.41, 5.74) is 3.22. The number of ether oxygens (including phenoxy) is 1. The number of hydrogen-bond acceptors (Lipinski definition) is 5. The zero-order valence-corrected chi connectivity index (χ0v) is 18.5. The first-order chi connectivity index (χ1) is 14.7. The van der Waals surface area contributed by atoms with Crippen molar-refractivity contribution in [2.45, 2.75) is 53.1 Å². The Labute approximate surface area is 182 Å². The smallest absolute Gasteiger partial charge is 0.339 e. The van der Waals surface area contributed by atoms with E-state index in [0.29, 0.717) is 18.0 Å². The lowest BCUT2D eigenvalue weighted by Gasteiger charge is -2.35. The van der Waals surface area contributed by atoms with Gasteiger partial charge in [-0.25, -0.2) is 9.59 Å². The number of carbonyl (C=O) groups is 3. The molecule has 0 radical (unpaired) electrons. The number of carbonyl (C=O) groups excluding carboxylic acids is 3. The van der Waals surface area contributed by atoms with Gasteiger partial charge in [0.1, 0.15) is 0 Å². The fraction of sp³-hybridized carbons (Fsp3) is 0.500. The van der Waals surface area contributed by atoms with Crippen molar-refractivity contribution in [2.24, 2.45) is 11.3 Å². The molecule has 164 valence electrons. The van der Waals surface area contributed by atoms with Crippen LogP contribution in [0.25, 0.3) is 10.9 Å². The number of fused-ring (bicyclic) bond motifs is 2. The van der Waals surface area contributed by atoms with E-state index in [-0.39, 0.29) is 12.0 Å². The Morgan fingerprint density at radius 3 is 2.68 bits per heavy atom. The average molecular weight is 424 g/mol. The van der Waals surface area contributed by atoms with Crippen LogP contribution in [-0.2, 0) is 22.4 Å². The number of imide groups is 1. The van der Waals surface area contributed by atoms with Gasteiger partial charge in [0, 0.05) is 24.2 Å². The molecule has 1 aliphatic heterocycles. The summed E-state index contributed by atoms with van der Waals surface area (Å²) in [6.45, 7) is 8.85. The molecule has 1 aromatic carbocycles. The number of aryl methyl sites for hydroxylation is 1. The van der Waals surface area contributed by atoms with Gasteiger partial charge in [-0.05, 0) is 49.1 Å². The molecule has 0 spiro atoms. The van der Waals surface area contributed by atoms with Gasteiger partial charge >= 0.3 is 12.0 Å². The van der Waals surface area contributed by atoms with Crippen molar-refractivity contribution >= 4 is 28.8 Å². The molecule has 1 aromatic heterocycles. The van der Waals surface area contributed by atoms with E-state index in [1.54, 1.807) is 0 Å². The van der Waals surface area contributed by atoms with Crippen LogP contribution < -0.4 is 5.32 Å². The van der Waals surface area contributed by atoms with Crippen molar-refractivity contribution in [3.05, 3.63) is 41.1 Å². The summed E-state index contributed by atoms with van der Waals surface area (Å²) in [7, 11) is 0. The molecule has 31 heavy (non-hydrogen) atoms. The number of hydrogen-bond donors (Lipinski definition) is 1. The first kappa shape index (κ1) is 21.3. The summed E-state index contributed by atoms with van der Waals surface area (Å²) >= 11 is 0. The molecule has 7 nitrogen and oxygen atoms in total. The van der Waals surface area contributed by atoms with Crippen LogP contribution in [0.2, 0.25) is 0 Å². The molecule has 3 amide bonds. The zero-order chi connectivity index (χ0) is 22.3. The first-order valence-electron chi connectivity index (χ1n) is 10.9. The van der Waals surface area contributed by atoms with Crippen LogP contribution >= 0.6 is 0 Å². The number of pyridine rings is 1. The number of nitrogens with zero attached hydrogens (tertiary/aromatic N) is 2. The number of nitrogens with one attached hydrogen (secondary N) is 1. The molecule has 4 rings (SSSR count). The third-order valence-electron chi connectivity index (χ3n) is 6.44. The highest BCUT2D eigenvalue weighted by atomic mass is 16.5. The van der Waals surface area contributed by atoms with Crippen molar-refractivity contribution < 1.29 is 19.1 Å². The average Bonchev–Trinajstić information content (AvgIpc) is 3.15. The summed E-state index contributed by atoms with van der Waals surface area (Å²) in [4.78, 5) is 43.7. The Morgan fingerprint density at radius 1 is 1.26 bits per heavy atom. The van der Waals surface area contributed by atoms with Crippen LogP contribution in [0.1, 0.15) is 55.7 Å². The summed E-state index contributed by atoms with van der Waals surface area (Å²) in [6.07, 6.45) is 1.53. The van der Waals surface area contributed by atoms with Gasteiger partial charge in [0.25, 0.3) is 5.91 Å². The minimum absolute atomic E-state index is 0.108. The molecule has 7 heteroatoms. The van der Waals surface area contributed by atoms with Gasteiger partial charge in [-0.15, -0.1) is 0 Å². The van der Waals surface area contributed by atoms with Crippen molar-refractivity contribution in [3.63, 3.8) is 0 Å². The number of rotatable bonds is 3. The number of benzene rings is 1. The van der Waals surface area contributed by atoms with E-state index in [9.17, 15) is 14.4 Å². The highest BCUT2D eigenvalue weighted by Gasteiger charge is 2.35. The third-order valence-corrected chi connectivity index (χ3v) is 6.44. The number of amides is 3. The van der Waals surface area contributed by atoms with Gasteiger partial charge in [0.05, 0.1) is 11.1 Å². The molecule has 2 aromatic rings. The van der Waals surface area contributed by atoms with E-state index in [2.05, 4.69) is 26.1 Å². The van der Waals surface area contributed by atoms with Gasteiger partial charge in [0.15, 0.2) is 6.10 Å². The SMILES string of the molecule is CC(OC(=O)c1c2c(nc3ccccc13)CCC(C(C)(C)C)C2)C(=O)N1CCNC1=O. The minimum Gasteiger partial charge on any atom is -0.449 e. The lowest BCUT2D eigenvalue weighted by atomic mass is 9.70. The number of urea groups is 1. The Morgan fingerprint density at radius 2 is 2.00 bits per heavy atom. The molecule has 0 bridgehead atoms. The fourth-order valence-corrected chi connectivity index (χ4v) is 4.53. The first-order valence-corrected chi connectivity index (χ1v) is 10.9. The van der Waals surface area contributed by atoms with Crippen molar-refractivity contribution in [1.82, 2.24) is 15.2 Å². The molecular weight excluding hydrogens is 394 g/mol. The number of para-hydroxylation sites is 1. The van der Waals surface area contributed by atoms with E-state index in [1.807, 2.05) is 24.3 Å². The molecule has 1 saturated heterocycles. The summed E-state index contributed by atoms with van der Waals surface area (Å²) in [5.74, 6) is -0.630. The molecule has 1 aliphatic carbocycles. The Kier molecular flexibility index (Phi) is 5.45. The van der Waals surface area contributed by atoms with Crippen LogP contribution in [-0.4, -0.2) is 47.0 Å². The van der Waals surface area contributed by atoms with Gasteiger partial charge in [-0.3, -0.25) is 14.7 Å². The molecule has 2 unspecified atom stereocenters. The second kappa shape index (κ2) is 7.94. The van der Waals surface area contributed by atoms with E-state index < -0.39 is 24.0 Å². The van der Waals surface area contributed by atoms with Crippen LogP contribution in [0.3, 0.4) is 0 Å². The normalized spacial score (nSPS) is 19.7. The summed E-state index contributed by atoms with van der Waals surface area (Å²) in [5, 5.41) is 3.33. The van der Waals surface area contributed by atoms with E-state index in [1.165, 1.54) is 6.92 Å². The topological polar surface area (TPSA) is 88.6 Å². The van der Waals surface area contributed by atoms with Gasteiger partial charge in [0.2, 0.25) is 0 Å². The lowest BCUT2D eigenvalue weighted by molar-refractivity contribution is -0.136. The summed E-state index contributed by atoms with van der Waals surface area (Å²) in [6, 6.07) is 7.09. The maximum atomic E-state index is 13.4. The van der Waals surface area contributed by atoms with E-state index >= 15 is 0 Å². The van der Waals surface area contributed by atoms with Crippen LogP contribution in [0.4, 0.5) is 4.79 Å². The maximum Gasteiger partial charge on any atom is 0.339 e. The third kappa shape index (κ3) is 4.01. The minimum atomic E-state index is -1.05. The fourth-order valence-electron chi connectivity index (χ4n) is 4.53. The quantitative estimate of drug-likeness (QED) is 0.764. The summed E-state index contributed by atoms with van der Waals surface area (Å²) < 4.78 is 5.62. The predicted molar refractivity (Wildman–Crippen MR) is 117 cm³/mol. The molecule has 2 heterocycles. The second-order valence-corrected chi connectivity index (χ2v) is 9.50. The van der Waals surface area contributed by atoms with E-state index in [0.717, 1.165) is 46.3 Å². The largest absolute Gasteiger partial charge is 0.449 e. The lowest BCUT2D eigenvalue weighted by Crippen LogP contribution is -2.42. The Balaban J connectivity index is 1.69. The van der Waals surface area contributed by atoms with Gasteiger partial charge < -0.3 is 10.1 Å². The van der Waals surface area contributed by atoms with Crippen molar-refractivity contribution in [3.8, 4) is 0 Å². The van der Waals surface area contributed by atoms with E-state index in [4.69, 9.17) is 9.72 Å². The molecule has 1 N–H and O–H groups in total. The maximum absolute atomic E-state index is 13.4. The Hall–Kier alpha value is -2.96. The van der Waals surface area contributed by atoms with Crippen LogP contribution in [0.5, 0.6) is 0 Å². The Bertz CT molecular complexity index is 1060. The second-order valence-electron chi connectivity index (χ2n) is 9.50. The monoisotopic (exact) mass is 423 g/mol. The van der Waals surface area contributed by atoms with Crippen LogP contribution in [0.15, 0.2) is 24.3 Å². The zero-order valence-electron chi connectivity index (χ0n) is 18.5. The highest BCUT2D eigenvalue weighted by Crippen LogP contribution is 2.39. The highest BCUT2D eigenvalue weighted by molar-refractivity contribution is 6.06. The van der Waals surface area contributed by atoms with Crippen molar-refractivity contribution in [2.75, 3.05) is 13.1 Å². The molecular formula is C24H29N3O4. The molecule has 1 fully saturated rings. The van der Waals surface area contributed by atoms with Crippen molar-refractivity contribution in [1.29, 1.82) is 0 Å². The van der Waals surface area contributed by atoms with Crippen LogP contribution in [0, 0.1) is 11.3 Å².